The third-order valence-corrected chi connectivity index (χ3v) is 5.78. The van der Waals surface area contributed by atoms with Gasteiger partial charge in [0.2, 0.25) is 0 Å². The summed E-state index contributed by atoms with van der Waals surface area (Å²) < 4.78 is 27.7. The van der Waals surface area contributed by atoms with E-state index in [1.54, 1.807) is 6.92 Å². The minimum Gasteiger partial charge on any atom is -0.326 e. The van der Waals surface area contributed by atoms with Crippen LogP contribution >= 0.6 is 11.3 Å². The van der Waals surface area contributed by atoms with Crippen molar-refractivity contribution in [1.82, 2.24) is 0 Å². The minimum absolute atomic E-state index is 0.224. The van der Waals surface area contributed by atoms with Crippen LogP contribution in [0.5, 0.6) is 0 Å². The van der Waals surface area contributed by atoms with Crippen molar-refractivity contribution in [3.63, 3.8) is 0 Å². The van der Waals surface area contributed by atoms with Gasteiger partial charge in [-0.2, -0.15) is 0 Å². The van der Waals surface area contributed by atoms with E-state index in [4.69, 9.17) is 5.73 Å². The van der Waals surface area contributed by atoms with Gasteiger partial charge >= 0.3 is 0 Å². The fourth-order valence-electron chi connectivity index (χ4n) is 2.23. The Morgan fingerprint density at radius 3 is 2.30 bits per heavy atom. The van der Waals surface area contributed by atoms with Crippen molar-refractivity contribution in [3.8, 4) is 0 Å². The highest BCUT2D eigenvalue weighted by atomic mass is 32.2. The number of thiophene rings is 1. The molecule has 0 aliphatic carbocycles. The van der Waals surface area contributed by atoms with Crippen LogP contribution in [0, 0.1) is 20.8 Å². The molecule has 1 aromatic carbocycles. The SMILES string of the molecule is Cc1cc(C)cc(NS(=O)(=O)c2c(C)csc2CN)c1. The smallest absolute Gasteiger partial charge is 0.263 e. The van der Waals surface area contributed by atoms with Gasteiger partial charge in [-0.1, -0.05) is 6.07 Å². The van der Waals surface area contributed by atoms with Gasteiger partial charge in [-0.25, -0.2) is 8.42 Å². The van der Waals surface area contributed by atoms with Gasteiger partial charge in [0, 0.05) is 17.1 Å². The highest BCUT2D eigenvalue weighted by Gasteiger charge is 2.22. The highest BCUT2D eigenvalue weighted by molar-refractivity contribution is 7.93. The first-order valence-electron chi connectivity index (χ1n) is 6.21. The van der Waals surface area contributed by atoms with E-state index >= 15 is 0 Å². The maximum absolute atomic E-state index is 12.5. The number of benzene rings is 1. The van der Waals surface area contributed by atoms with Crippen molar-refractivity contribution in [2.45, 2.75) is 32.2 Å². The van der Waals surface area contributed by atoms with E-state index in [2.05, 4.69) is 4.72 Å². The van der Waals surface area contributed by atoms with Crippen molar-refractivity contribution < 1.29 is 8.42 Å². The summed E-state index contributed by atoms with van der Waals surface area (Å²) in [5, 5.41) is 1.82. The molecule has 4 nitrogen and oxygen atoms in total. The third kappa shape index (κ3) is 3.03. The Morgan fingerprint density at radius 1 is 1.15 bits per heavy atom. The van der Waals surface area contributed by atoms with Gasteiger partial charge in [-0.15, -0.1) is 11.3 Å². The molecule has 0 saturated heterocycles. The number of hydrogen-bond acceptors (Lipinski definition) is 4. The van der Waals surface area contributed by atoms with Crippen LogP contribution in [0.3, 0.4) is 0 Å². The summed E-state index contributed by atoms with van der Waals surface area (Å²) in [4.78, 5) is 0.989. The predicted octanol–water partition coefficient (Wildman–Crippen LogP) is 2.93. The van der Waals surface area contributed by atoms with E-state index in [0.29, 0.717) is 15.5 Å². The standard InChI is InChI=1S/C14H18N2O2S2/c1-9-4-10(2)6-12(5-9)16-20(17,18)14-11(3)8-19-13(14)7-15/h4-6,8,16H,7,15H2,1-3H3. The molecule has 6 heteroatoms. The molecule has 0 bridgehead atoms. The second-order valence-electron chi connectivity index (χ2n) is 4.86. The topological polar surface area (TPSA) is 72.2 Å². The minimum atomic E-state index is -3.60. The van der Waals surface area contributed by atoms with Gasteiger partial charge in [0.25, 0.3) is 10.0 Å². The summed E-state index contributed by atoms with van der Waals surface area (Å²) in [7, 11) is -3.60. The molecule has 0 atom stereocenters. The van der Waals surface area contributed by atoms with Crippen LogP contribution < -0.4 is 10.5 Å². The van der Waals surface area contributed by atoms with E-state index in [0.717, 1.165) is 16.7 Å². The quantitative estimate of drug-likeness (QED) is 0.912. The van der Waals surface area contributed by atoms with E-state index in [1.807, 2.05) is 37.4 Å². The van der Waals surface area contributed by atoms with Crippen LogP contribution in [0.4, 0.5) is 5.69 Å². The second kappa shape index (κ2) is 5.55. The second-order valence-corrected chi connectivity index (χ2v) is 7.44. The zero-order valence-corrected chi connectivity index (χ0v) is 13.4. The molecule has 0 amide bonds. The van der Waals surface area contributed by atoms with Crippen LogP contribution in [0.1, 0.15) is 21.6 Å². The van der Waals surface area contributed by atoms with Crippen molar-refractivity contribution in [2.75, 3.05) is 4.72 Å². The lowest BCUT2D eigenvalue weighted by Gasteiger charge is -2.11. The number of nitrogens with two attached hydrogens (primary N) is 1. The van der Waals surface area contributed by atoms with Crippen LogP contribution in [0.2, 0.25) is 0 Å². The zero-order chi connectivity index (χ0) is 14.9. The number of aryl methyl sites for hydroxylation is 3. The van der Waals surface area contributed by atoms with E-state index in [9.17, 15) is 8.42 Å². The van der Waals surface area contributed by atoms with Gasteiger partial charge in [0.15, 0.2) is 0 Å². The van der Waals surface area contributed by atoms with E-state index in [1.165, 1.54) is 11.3 Å². The molecule has 1 aromatic heterocycles. The predicted molar refractivity (Wildman–Crippen MR) is 83.7 cm³/mol. The average Bonchev–Trinajstić information content (AvgIpc) is 2.69. The Labute approximate surface area is 123 Å². The molecule has 0 radical (unpaired) electrons. The van der Waals surface area contributed by atoms with Crippen LogP contribution in [-0.2, 0) is 16.6 Å². The highest BCUT2D eigenvalue weighted by Crippen LogP contribution is 2.28. The molecule has 108 valence electrons. The maximum Gasteiger partial charge on any atom is 0.263 e. The molecule has 0 fully saturated rings. The molecule has 2 rings (SSSR count). The van der Waals surface area contributed by atoms with E-state index in [-0.39, 0.29) is 6.54 Å². The van der Waals surface area contributed by atoms with Gasteiger partial charge in [0.1, 0.15) is 4.90 Å². The Kier molecular flexibility index (Phi) is 4.17. The van der Waals surface area contributed by atoms with Gasteiger partial charge in [0.05, 0.1) is 0 Å². The normalized spacial score (nSPS) is 11.6. The lowest BCUT2D eigenvalue weighted by atomic mass is 10.1. The maximum atomic E-state index is 12.5. The zero-order valence-electron chi connectivity index (χ0n) is 11.7. The van der Waals surface area contributed by atoms with Crippen LogP contribution in [0.15, 0.2) is 28.5 Å². The van der Waals surface area contributed by atoms with E-state index < -0.39 is 10.0 Å². The molecule has 20 heavy (non-hydrogen) atoms. The van der Waals surface area contributed by atoms with Crippen molar-refractivity contribution in [1.29, 1.82) is 0 Å². The number of nitrogens with one attached hydrogen (secondary N) is 1. The number of sulfonamides is 1. The molecule has 0 unspecified atom stereocenters. The Bertz CT molecular complexity index is 713. The monoisotopic (exact) mass is 310 g/mol. The summed E-state index contributed by atoms with van der Waals surface area (Å²) in [6, 6.07) is 5.63. The Balaban J connectivity index is 2.43. The van der Waals surface area contributed by atoms with Crippen LogP contribution in [-0.4, -0.2) is 8.42 Å². The van der Waals surface area contributed by atoms with Crippen molar-refractivity contribution >= 4 is 27.0 Å². The lowest BCUT2D eigenvalue weighted by molar-refractivity contribution is 0.600. The number of anilines is 1. The Morgan fingerprint density at radius 2 is 1.75 bits per heavy atom. The summed E-state index contributed by atoms with van der Waals surface area (Å²) in [5.74, 6) is 0. The first-order chi connectivity index (χ1) is 9.33. The molecule has 0 aliphatic rings. The van der Waals surface area contributed by atoms with Crippen LogP contribution in [0.25, 0.3) is 0 Å². The Hall–Kier alpha value is -1.37. The van der Waals surface area contributed by atoms with Gasteiger partial charge < -0.3 is 5.73 Å². The molecule has 0 spiro atoms. The van der Waals surface area contributed by atoms with Crippen molar-refractivity contribution in [2.24, 2.45) is 5.73 Å². The van der Waals surface area contributed by atoms with Gasteiger partial charge in [-0.05, 0) is 55.0 Å². The molecule has 0 aliphatic heterocycles. The fraction of sp³-hybridized carbons (Fsp3) is 0.286. The van der Waals surface area contributed by atoms with Gasteiger partial charge in [-0.3, -0.25) is 4.72 Å². The number of hydrogen-bond donors (Lipinski definition) is 2. The molecule has 1 heterocycles. The summed E-state index contributed by atoms with van der Waals surface area (Å²) in [6.45, 7) is 5.88. The number of rotatable bonds is 4. The summed E-state index contributed by atoms with van der Waals surface area (Å²) in [5.41, 5.74) is 8.96. The average molecular weight is 310 g/mol. The molecule has 2 aromatic rings. The largest absolute Gasteiger partial charge is 0.326 e. The summed E-state index contributed by atoms with van der Waals surface area (Å²) >= 11 is 1.38. The molecular weight excluding hydrogens is 292 g/mol. The molecule has 0 saturated carbocycles. The first-order valence-corrected chi connectivity index (χ1v) is 8.58. The third-order valence-electron chi connectivity index (χ3n) is 2.92. The molecule has 3 N–H and O–H groups in total. The first kappa shape index (κ1) is 15.0. The van der Waals surface area contributed by atoms with Crippen molar-refractivity contribution in [3.05, 3.63) is 45.1 Å². The lowest BCUT2D eigenvalue weighted by Crippen LogP contribution is -2.16. The fourth-order valence-corrected chi connectivity index (χ4v) is 4.97. The molecular formula is C14H18N2O2S2. The summed E-state index contributed by atoms with van der Waals surface area (Å²) in [6.07, 6.45) is 0.